The zero-order chi connectivity index (χ0) is 10.2. The van der Waals surface area contributed by atoms with E-state index >= 15 is 0 Å². The molecule has 2 bridgehead atoms. The van der Waals surface area contributed by atoms with Crippen LogP contribution in [0.1, 0.15) is 12.8 Å². The Morgan fingerprint density at radius 2 is 1.64 bits per heavy atom. The smallest absolute Gasteiger partial charge is 0.177 e. The summed E-state index contributed by atoms with van der Waals surface area (Å²) in [5.74, 6) is -0.225. The Morgan fingerprint density at radius 1 is 1.14 bits per heavy atom. The summed E-state index contributed by atoms with van der Waals surface area (Å²) in [5.41, 5.74) is 0. The Bertz CT molecular complexity index is 186. The molecule has 0 spiro atoms. The molecule has 2 fully saturated rings. The molecule has 0 radical (unpaired) electrons. The first-order valence-corrected chi connectivity index (χ1v) is 5.09. The van der Waals surface area contributed by atoms with Gasteiger partial charge in [0, 0.05) is 26.1 Å². The van der Waals surface area contributed by atoms with Gasteiger partial charge in [0.2, 0.25) is 0 Å². The zero-order valence-corrected chi connectivity index (χ0v) is 8.73. The quantitative estimate of drug-likeness (QED) is 0.658. The first-order chi connectivity index (χ1) is 6.73. The van der Waals surface area contributed by atoms with E-state index in [-0.39, 0.29) is 17.9 Å². The molecule has 1 saturated heterocycles. The van der Waals surface area contributed by atoms with Crippen LogP contribution in [-0.4, -0.2) is 44.4 Å². The Morgan fingerprint density at radius 3 is 2.07 bits per heavy atom. The number of rotatable bonds is 2. The second kappa shape index (κ2) is 3.77. The Hall–Kier alpha value is -0.160. The minimum absolute atomic E-state index is 0.153. The van der Waals surface area contributed by atoms with E-state index in [0.717, 1.165) is 0 Å². The van der Waals surface area contributed by atoms with Gasteiger partial charge in [-0.1, -0.05) is 0 Å². The van der Waals surface area contributed by atoms with Crippen LogP contribution in [0.2, 0.25) is 0 Å². The van der Waals surface area contributed by atoms with Gasteiger partial charge in [0.05, 0.1) is 19.3 Å². The number of hydrogen-bond donors (Lipinski definition) is 1. The van der Waals surface area contributed by atoms with Gasteiger partial charge >= 0.3 is 0 Å². The van der Waals surface area contributed by atoms with Crippen molar-refractivity contribution in [3.05, 3.63) is 0 Å². The van der Waals surface area contributed by atoms with E-state index in [0.29, 0.717) is 26.1 Å². The maximum absolute atomic E-state index is 9.67. The Balaban J connectivity index is 2.23. The van der Waals surface area contributed by atoms with Crippen molar-refractivity contribution in [3.63, 3.8) is 0 Å². The van der Waals surface area contributed by atoms with Crippen LogP contribution in [0.5, 0.6) is 0 Å². The van der Waals surface area contributed by atoms with Gasteiger partial charge in [-0.05, 0) is 12.8 Å². The average Bonchev–Trinajstić information content (AvgIpc) is 2.17. The van der Waals surface area contributed by atoms with Gasteiger partial charge in [-0.3, -0.25) is 0 Å². The van der Waals surface area contributed by atoms with Crippen LogP contribution in [-0.2, 0) is 14.2 Å². The molecule has 1 N–H and O–H groups in total. The molecule has 82 valence electrons. The molecule has 0 aromatic heterocycles. The fourth-order valence-corrected chi connectivity index (χ4v) is 2.89. The van der Waals surface area contributed by atoms with Crippen LogP contribution in [0.4, 0.5) is 0 Å². The molecular formula is C10H18O4. The zero-order valence-electron chi connectivity index (χ0n) is 8.73. The van der Waals surface area contributed by atoms with E-state index in [1.165, 1.54) is 0 Å². The van der Waals surface area contributed by atoms with Gasteiger partial charge in [-0.25, -0.2) is 0 Å². The van der Waals surface area contributed by atoms with Crippen LogP contribution >= 0.6 is 0 Å². The molecule has 0 aromatic rings. The summed E-state index contributed by atoms with van der Waals surface area (Å²) in [6.45, 7) is 1.24. The highest BCUT2D eigenvalue weighted by atomic mass is 16.7. The first-order valence-electron chi connectivity index (χ1n) is 5.09. The molecule has 1 aliphatic carbocycles. The minimum Gasteiger partial charge on any atom is -0.393 e. The van der Waals surface area contributed by atoms with E-state index in [4.69, 9.17) is 14.2 Å². The summed E-state index contributed by atoms with van der Waals surface area (Å²) in [4.78, 5) is 0. The third-order valence-corrected chi connectivity index (χ3v) is 3.53. The van der Waals surface area contributed by atoms with Crippen molar-refractivity contribution in [2.45, 2.75) is 24.7 Å². The van der Waals surface area contributed by atoms with Crippen molar-refractivity contribution in [1.82, 2.24) is 0 Å². The van der Waals surface area contributed by atoms with Gasteiger partial charge in [-0.15, -0.1) is 0 Å². The Labute approximate surface area is 84.1 Å². The first kappa shape index (κ1) is 10.4. The van der Waals surface area contributed by atoms with Crippen LogP contribution in [0, 0.1) is 11.8 Å². The van der Waals surface area contributed by atoms with Gasteiger partial charge in [0.1, 0.15) is 0 Å². The predicted octanol–water partition coefficient (Wildman–Crippen LogP) is 0.393. The lowest BCUT2D eigenvalue weighted by Crippen LogP contribution is -2.59. The fourth-order valence-electron chi connectivity index (χ4n) is 2.89. The SMILES string of the molecule is COC1(OC)C2COCC1CC(O)C2. The highest BCUT2D eigenvalue weighted by Gasteiger charge is 2.53. The number of fused-ring (bicyclic) bond motifs is 2. The Kier molecular flexibility index (Phi) is 2.79. The number of ether oxygens (including phenoxy) is 3. The van der Waals surface area contributed by atoms with Gasteiger partial charge in [0.15, 0.2) is 5.79 Å². The topological polar surface area (TPSA) is 47.9 Å². The molecule has 1 heterocycles. The van der Waals surface area contributed by atoms with Crippen molar-refractivity contribution < 1.29 is 19.3 Å². The van der Waals surface area contributed by atoms with Crippen molar-refractivity contribution in [1.29, 1.82) is 0 Å². The predicted molar refractivity (Wildman–Crippen MR) is 49.8 cm³/mol. The third-order valence-electron chi connectivity index (χ3n) is 3.53. The number of aliphatic hydroxyl groups excluding tert-OH is 1. The monoisotopic (exact) mass is 202 g/mol. The average molecular weight is 202 g/mol. The summed E-state index contributed by atoms with van der Waals surface area (Å²) in [6.07, 6.45) is 1.18. The lowest BCUT2D eigenvalue weighted by molar-refractivity contribution is -0.326. The van der Waals surface area contributed by atoms with Crippen molar-refractivity contribution in [3.8, 4) is 0 Å². The van der Waals surface area contributed by atoms with Gasteiger partial charge < -0.3 is 19.3 Å². The standard InChI is InChI=1S/C10H18O4/c1-12-10(13-2)7-3-9(11)4-8(10)6-14-5-7/h7-9,11H,3-6H2,1-2H3. The van der Waals surface area contributed by atoms with Crippen molar-refractivity contribution in [2.24, 2.45) is 11.8 Å². The molecule has 1 saturated carbocycles. The summed E-state index contributed by atoms with van der Waals surface area (Å²) < 4.78 is 16.5. The number of aliphatic hydroxyl groups is 1. The molecule has 2 atom stereocenters. The molecule has 0 aromatic carbocycles. The highest BCUT2D eigenvalue weighted by molar-refractivity contribution is 4.96. The number of methoxy groups -OCH3 is 2. The van der Waals surface area contributed by atoms with E-state index in [9.17, 15) is 5.11 Å². The van der Waals surface area contributed by atoms with Gasteiger partial charge in [-0.2, -0.15) is 0 Å². The largest absolute Gasteiger partial charge is 0.393 e. The maximum atomic E-state index is 9.67. The van der Waals surface area contributed by atoms with E-state index in [1.54, 1.807) is 14.2 Å². The van der Waals surface area contributed by atoms with Crippen molar-refractivity contribution >= 4 is 0 Å². The van der Waals surface area contributed by atoms with Crippen molar-refractivity contribution in [2.75, 3.05) is 27.4 Å². The van der Waals surface area contributed by atoms with Crippen LogP contribution in [0.3, 0.4) is 0 Å². The molecule has 2 unspecified atom stereocenters. The molecule has 2 rings (SSSR count). The molecule has 2 aliphatic rings. The van der Waals surface area contributed by atoms with Crippen LogP contribution < -0.4 is 0 Å². The molecule has 14 heavy (non-hydrogen) atoms. The minimum atomic E-state index is -0.530. The normalized spacial score (nSPS) is 40.9. The van der Waals surface area contributed by atoms with E-state index in [1.807, 2.05) is 0 Å². The molecular weight excluding hydrogens is 184 g/mol. The van der Waals surface area contributed by atoms with Gasteiger partial charge in [0.25, 0.3) is 0 Å². The summed E-state index contributed by atoms with van der Waals surface area (Å²) in [7, 11) is 3.35. The molecule has 4 nitrogen and oxygen atoms in total. The fraction of sp³-hybridized carbons (Fsp3) is 1.00. The summed E-state index contributed by atoms with van der Waals surface area (Å²) >= 11 is 0. The molecule has 4 heteroatoms. The highest BCUT2D eigenvalue weighted by Crippen LogP contribution is 2.44. The lowest BCUT2D eigenvalue weighted by atomic mass is 9.73. The van der Waals surface area contributed by atoms with Crippen LogP contribution in [0.15, 0.2) is 0 Å². The third kappa shape index (κ3) is 1.37. The lowest BCUT2D eigenvalue weighted by Gasteiger charge is -2.51. The van der Waals surface area contributed by atoms with E-state index in [2.05, 4.69) is 0 Å². The second-order valence-corrected chi connectivity index (χ2v) is 4.19. The number of hydrogen-bond acceptors (Lipinski definition) is 4. The van der Waals surface area contributed by atoms with E-state index < -0.39 is 5.79 Å². The molecule has 0 amide bonds. The summed E-state index contributed by atoms with van der Waals surface area (Å²) in [6, 6.07) is 0. The van der Waals surface area contributed by atoms with Crippen LogP contribution in [0.25, 0.3) is 0 Å². The second-order valence-electron chi connectivity index (χ2n) is 4.19. The maximum Gasteiger partial charge on any atom is 0.177 e. The molecule has 1 aliphatic heterocycles. The summed E-state index contributed by atoms with van der Waals surface area (Å²) in [5, 5.41) is 9.67.